The molecule has 2 N–H and O–H groups in total. The Labute approximate surface area is 120 Å². The predicted octanol–water partition coefficient (Wildman–Crippen LogP) is 1.67. The lowest BCUT2D eigenvalue weighted by atomic mass is 10.2. The van der Waals surface area contributed by atoms with Crippen molar-refractivity contribution in [3.8, 4) is 0 Å². The van der Waals surface area contributed by atoms with Crippen LogP contribution in [0.15, 0.2) is 33.8 Å². The van der Waals surface area contributed by atoms with E-state index in [1.165, 1.54) is 6.21 Å². The first-order valence-electron chi connectivity index (χ1n) is 5.86. The number of benzene rings is 1. The molecule has 0 unspecified atom stereocenters. The van der Waals surface area contributed by atoms with Crippen LogP contribution in [-0.2, 0) is 9.59 Å². The van der Waals surface area contributed by atoms with Gasteiger partial charge in [0.2, 0.25) is 0 Å². The van der Waals surface area contributed by atoms with Gasteiger partial charge in [0.1, 0.15) is 0 Å². The highest BCUT2D eigenvalue weighted by Gasteiger charge is 2.11. The topological polar surface area (TPSA) is 70.6 Å². The Kier molecular flexibility index (Phi) is 6.21. The van der Waals surface area contributed by atoms with Crippen LogP contribution in [-0.4, -0.2) is 24.6 Å². The van der Waals surface area contributed by atoms with Crippen molar-refractivity contribution >= 4 is 34.0 Å². The van der Waals surface area contributed by atoms with Crippen LogP contribution in [0, 0.1) is 5.92 Å². The number of amides is 2. The third kappa shape index (κ3) is 6.15. The van der Waals surface area contributed by atoms with Crippen LogP contribution in [0.3, 0.4) is 0 Å². The summed E-state index contributed by atoms with van der Waals surface area (Å²) in [7, 11) is 0. The van der Waals surface area contributed by atoms with Gasteiger partial charge in [-0.3, -0.25) is 9.59 Å². The van der Waals surface area contributed by atoms with E-state index in [-0.39, 0.29) is 0 Å². The second kappa shape index (κ2) is 7.68. The molecule has 19 heavy (non-hydrogen) atoms. The maximum atomic E-state index is 11.4. The Hall–Kier alpha value is -1.69. The van der Waals surface area contributed by atoms with Crippen molar-refractivity contribution < 1.29 is 9.59 Å². The molecule has 5 nitrogen and oxygen atoms in total. The van der Waals surface area contributed by atoms with Crippen LogP contribution in [0.2, 0.25) is 0 Å². The molecular formula is C13H16BrN3O2. The molecule has 0 atom stereocenters. The number of carbonyl (C=O) groups is 2. The van der Waals surface area contributed by atoms with E-state index in [1.807, 2.05) is 38.1 Å². The zero-order chi connectivity index (χ0) is 14.3. The van der Waals surface area contributed by atoms with E-state index in [0.717, 1.165) is 10.0 Å². The Morgan fingerprint density at radius 1 is 1.37 bits per heavy atom. The highest BCUT2D eigenvalue weighted by Crippen LogP contribution is 2.09. The maximum Gasteiger partial charge on any atom is 0.329 e. The molecule has 102 valence electrons. The minimum atomic E-state index is -0.771. The molecule has 1 aromatic rings. The van der Waals surface area contributed by atoms with Crippen LogP contribution in [0.4, 0.5) is 0 Å². The monoisotopic (exact) mass is 325 g/mol. The third-order valence-corrected chi connectivity index (χ3v) is 2.60. The number of rotatable bonds is 4. The van der Waals surface area contributed by atoms with Crippen molar-refractivity contribution in [2.45, 2.75) is 13.8 Å². The number of hydrogen-bond donors (Lipinski definition) is 2. The molecule has 0 heterocycles. The van der Waals surface area contributed by atoms with Crippen molar-refractivity contribution in [2.75, 3.05) is 6.54 Å². The Morgan fingerprint density at radius 2 is 2.11 bits per heavy atom. The van der Waals surface area contributed by atoms with Crippen LogP contribution in [0.25, 0.3) is 0 Å². The molecule has 0 aromatic heterocycles. The van der Waals surface area contributed by atoms with E-state index in [0.29, 0.717) is 12.5 Å². The molecule has 0 saturated carbocycles. The molecule has 1 rings (SSSR count). The lowest BCUT2D eigenvalue weighted by Crippen LogP contribution is -2.39. The summed E-state index contributed by atoms with van der Waals surface area (Å²) in [4.78, 5) is 22.7. The molecule has 0 aliphatic heterocycles. The van der Waals surface area contributed by atoms with Gasteiger partial charge in [-0.1, -0.05) is 41.9 Å². The number of carbonyl (C=O) groups excluding carboxylic acids is 2. The molecule has 0 spiro atoms. The average Bonchev–Trinajstić information content (AvgIpc) is 2.35. The number of hydrazone groups is 1. The van der Waals surface area contributed by atoms with Crippen LogP contribution in [0.5, 0.6) is 0 Å². The van der Waals surface area contributed by atoms with Gasteiger partial charge in [-0.25, -0.2) is 5.43 Å². The Morgan fingerprint density at radius 3 is 2.74 bits per heavy atom. The first-order valence-corrected chi connectivity index (χ1v) is 6.65. The highest BCUT2D eigenvalue weighted by atomic mass is 79.9. The largest absolute Gasteiger partial charge is 0.348 e. The van der Waals surface area contributed by atoms with E-state index in [9.17, 15) is 9.59 Å². The van der Waals surface area contributed by atoms with Crippen molar-refractivity contribution in [3.63, 3.8) is 0 Å². The highest BCUT2D eigenvalue weighted by molar-refractivity contribution is 9.10. The van der Waals surface area contributed by atoms with Gasteiger partial charge < -0.3 is 5.32 Å². The smallest absolute Gasteiger partial charge is 0.329 e. The summed E-state index contributed by atoms with van der Waals surface area (Å²) in [5.74, 6) is -1.16. The minimum Gasteiger partial charge on any atom is -0.348 e. The predicted molar refractivity (Wildman–Crippen MR) is 77.7 cm³/mol. The van der Waals surface area contributed by atoms with Gasteiger partial charge >= 0.3 is 11.8 Å². The summed E-state index contributed by atoms with van der Waals surface area (Å²) in [6, 6.07) is 7.41. The van der Waals surface area contributed by atoms with Crippen molar-refractivity contribution in [1.29, 1.82) is 0 Å². The second-order valence-corrected chi connectivity index (χ2v) is 5.27. The summed E-state index contributed by atoms with van der Waals surface area (Å²) in [6.45, 7) is 4.36. The number of nitrogens with zero attached hydrogens (tertiary/aromatic N) is 1. The van der Waals surface area contributed by atoms with Crippen molar-refractivity contribution in [3.05, 3.63) is 34.3 Å². The van der Waals surface area contributed by atoms with Crippen LogP contribution < -0.4 is 10.7 Å². The molecule has 0 radical (unpaired) electrons. The summed E-state index contributed by atoms with van der Waals surface area (Å²) < 4.78 is 0.914. The minimum absolute atomic E-state index is 0.293. The summed E-state index contributed by atoms with van der Waals surface area (Å²) in [5, 5.41) is 6.23. The molecule has 0 bridgehead atoms. The average molecular weight is 326 g/mol. The lowest BCUT2D eigenvalue weighted by molar-refractivity contribution is -0.139. The molecular weight excluding hydrogens is 310 g/mol. The van der Waals surface area contributed by atoms with Crippen molar-refractivity contribution in [2.24, 2.45) is 11.0 Å². The number of nitrogens with one attached hydrogen (secondary N) is 2. The third-order valence-electron chi connectivity index (χ3n) is 2.11. The van der Waals surface area contributed by atoms with E-state index >= 15 is 0 Å². The van der Waals surface area contributed by atoms with Crippen molar-refractivity contribution in [1.82, 2.24) is 10.7 Å². The second-order valence-electron chi connectivity index (χ2n) is 4.36. The molecule has 0 fully saturated rings. The summed E-state index contributed by atoms with van der Waals surface area (Å²) in [5.41, 5.74) is 2.99. The van der Waals surface area contributed by atoms with Crippen LogP contribution >= 0.6 is 15.9 Å². The van der Waals surface area contributed by atoms with Gasteiger partial charge in [0.05, 0.1) is 6.21 Å². The summed E-state index contributed by atoms with van der Waals surface area (Å²) >= 11 is 3.33. The normalized spacial score (nSPS) is 10.7. The quantitative estimate of drug-likeness (QED) is 0.502. The van der Waals surface area contributed by atoms with E-state index in [4.69, 9.17) is 0 Å². The Balaban J connectivity index is 2.43. The maximum absolute atomic E-state index is 11.4. The first kappa shape index (κ1) is 15.4. The molecule has 0 aliphatic carbocycles. The standard InChI is InChI=1S/C13H16BrN3O2/c1-9(2)7-15-12(18)13(19)17-16-8-10-4-3-5-11(14)6-10/h3-6,8-9H,7H2,1-2H3,(H,15,18)(H,17,19)/b16-8+. The SMILES string of the molecule is CC(C)CNC(=O)C(=O)N/N=C/c1cccc(Br)c1. The van der Waals surface area contributed by atoms with Gasteiger partial charge in [-0.2, -0.15) is 5.10 Å². The fourth-order valence-electron chi connectivity index (χ4n) is 1.18. The molecule has 0 saturated heterocycles. The molecule has 2 amide bonds. The van der Waals surface area contributed by atoms with Crippen LogP contribution in [0.1, 0.15) is 19.4 Å². The molecule has 0 aliphatic rings. The fourth-order valence-corrected chi connectivity index (χ4v) is 1.60. The van der Waals surface area contributed by atoms with E-state index in [1.54, 1.807) is 0 Å². The lowest BCUT2D eigenvalue weighted by Gasteiger charge is -2.05. The first-order chi connectivity index (χ1) is 8.99. The Bertz CT molecular complexity index is 487. The number of hydrogen-bond acceptors (Lipinski definition) is 3. The fraction of sp³-hybridized carbons (Fsp3) is 0.308. The van der Waals surface area contributed by atoms with Gasteiger partial charge in [0.25, 0.3) is 0 Å². The molecule has 6 heteroatoms. The summed E-state index contributed by atoms with van der Waals surface area (Å²) in [6.07, 6.45) is 1.47. The van der Waals surface area contributed by atoms with Gasteiger partial charge in [0.15, 0.2) is 0 Å². The van der Waals surface area contributed by atoms with Gasteiger partial charge in [0, 0.05) is 11.0 Å². The zero-order valence-electron chi connectivity index (χ0n) is 10.8. The van der Waals surface area contributed by atoms with E-state index in [2.05, 4.69) is 31.8 Å². The zero-order valence-corrected chi connectivity index (χ0v) is 12.4. The number of halogens is 1. The van der Waals surface area contributed by atoms with E-state index < -0.39 is 11.8 Å². The van der Waals surface area contributed by atoms with Gasteiger partial charge in [-0.05, 0) is 23.6 Å². The molecule has 1 aromatic carbocycles. The van der Waals surface area contributed by atoms with Gasteiger partial charge in [-0.15, -0.1) is 0 Å².